The van der Waals surface area contributed by atoms with E-state index < -0.39 is 5.97 Å². The van der Waals surface area contributed by atoms with Gasteiger partial charge in [-0.05, 0) is 5.41 Å². The standard InChI is InChI=1S/C7H10O4S/c1-10-6(8)3-4-12-5-7(9)11-2/h3-4H,5H2,1-2H3. The van der Waals surface area contributed by atoms with Crippen LogP contribution >= 0.6 is 11.8 Å². The maximum Gasteiger partial charge on any atom is 0.330 e. The van der Waals surface area contributed by atoms with Gasteiger partial charge in [-0.15, -0.1) is 11.8 Å². The summed E-state index contributed by atoms with van der Waals surface area (Å²) in [5, 5.41) is 1.49. The van der Waals surface area contributed by atoms with Crippen LogP contribution in [0.25, 0.3) is 0 Å². The van der Waals surface area contributed by atoms with Gasteiger partial charge in [-0.25, -0.2) is 4.79 Å². The van der Waals surface area contributed by atoms with Crippen molar-refractivity contribution in [3.63, 3.8) is 0 Å². The molecule has 12 heavy (non-hydrogen) atoms. The Balaban J connectivity index is 3.48. The molecule has 0 unspecified atom stereocenters. The van der Waals surface area contributed by atoms with Crippen molar-refractivity contribution < 1.29 is 19.1 Å². The molecule has 0 heterocycles. The van der Waals surface area contributed by atoms with Crippen LogP contribution in [0, 0.1) is 0 Å². The van der Waals surface area contributed by atoms with Crippen molar-refractivity contribution in [1.29, 1.82) is 0 Å². The summed E-state index contributed by atoms with van der Waals surface area (Å²) in [5.41, 5.74) is 0. The summed E-state index contributed by atoms with van der Waals surface area (Å²) in [4.78, 5) is 21.0. The number of methoxy groups -OCH3 is 2. The predicted octanol–water partition coefficient (Wildman–Crippen LogP) is 0.579. The second kappa shape index (κ2) is 6.72. The summed E-state index contributed by atoms with van der Waals surface area (Å²) in [5.74, 6) is -0.564. The van der Waals surface area contributed by atoms with Gasteiger partial charge < -0.3 is 9.47 Å². The Morgan fingerprint density at radius 3 is 2.50 bits per heavy atom. The molecule has 0 aliphatic heterocycles. The van der Waals surface area contributed by atoms with Crippen LogP contribution in [-0.2, 0) is 19.1 Å². The first kappa shape index (κ1) is 11.0. The van der Waals surface area contributed by atoms with Crippen molar-refractivity contribution >= 4 is 23.7 Å². The second-order valence-corrected chi connectivity index (χ2v) is 2.61. The van der Waals surface area contributed by atoms with Crippen molar-refractivity contribution in [2.45, 2.75) is 0 Å². The third-order valence-corrected chi connectivity index (χ3v) is 1.66. The fraction of sp³-hybridized carbons (Fsp3) is 0.429. The Kier molecular flexibility index (Phi) is 6.18. The summed E-state index contributed by atoms with van der Waals surface area (Å²) in [6.07, 6.45) is 1.24. The molecule has 0 spiro atoms. The van der Waals surface area contributed by atoms with Gasteiger partial charge in [0, 0.05) is 6.08 Å². The Hall–Kier alpha value is -0.970. The van der Waals surface area contributed by atoms with E-state index in [1.54, 1.807) is 0 Å². The van der Waals surface area contributed by atoms with Gasteiger partial charge in [0.05, 0.1) is 20.0 Å². The van der Waals surface area contributed by atoms with E-state index in [1.165, 1.54) is 37.5 Å². The summed E-state index contributed by atoms with van der Waals surface area (Å²) in [6, 6.07) is 0. The minimum Gasteiger partial charge on any atom is -0.468 e. The molecule has 0 saturated carbocycles. The number of esters is 2. The summed E-state index contributed by atoms with van der Waals surface area (Å²) < 4.78 is 8.70. The van der Waals surface area contributed by atoms with Crippen LogP contribution in [0.5, 0.6) is 0 Å². The molecule has 0 radical (unpaired) electrons. The van der Waals surface area contributed by atoms with E-state index in [9.17, 15) is 9.59 Å². The molecule has 0 aliphatic rings. The van der Waals surface area contributed by atoms with E-state index in [4.69, 9.17) is 0 Å². The number of carbonyl (C=O) groups excluding carboxylic acids is 2. The molecule has 0 atom stereocenters. The Bertz CT molecular complexity index is 188. The molecule has 0 bridgehead atoms. The minimum atomic E-state index is -0.438. The monoisotopic (exact) mass is 190 g/mol. The number of hydrogen-bond acceptors (Lipinski definition) is 5. The molecule has 0 amide bonds. The quantitative estimate of drug-likeness (QED) is 0.479. The van der Waals surface area contributed by atoms with Crippen molar-refractivity contribution in [2.75, 3.05) is 20.0 Å². The average Bonchev–Trinajstić information content (AvgIpc) is 2.11. The lowest BCUT2D eigenvalue weighted by Crippen LogP contribution is -2.02. The van der Waals surface area contributed by atoms with Gasteiger partial charge in [0.1, 0.15) is 0 Å². The van der Waals surface area contributed by atoms with E-state index in [1.807, 2.05) is 0 Å². The fourth-order valence-corrected chi connectivity index (χ4v) is 0.904. The van der Waals surface area contributed by atoms with E-state index in [0.29, 0.717) is 0 Å². The van der Waals surface area contributed by atoms with Gasteiger partial charge in [0.2, 0.25) is 0 Å². The highest BCUT2D eigenvalue weighted by molar-refractivity contribution is 8.02. The molecule has 0 aromatic heterocycles. The van der Waals surface area contributed by atoms with Gasteiger partial charge in [-0.3, -0.25) is 4.79 Å². The van der Waals surface area contributed by atoms with Crippen LogP contribution < -0.4 is 0 Å². The first-order valence-electron chi connectivity index (χ1n) is 3.13. The molecule has 0 rings (SSSR count). The van der Waals surface area contributed by atoms with Crippen molar-refractivity contribution in [2.24, 2.45) is 0 Å². The van der Waals surface area contributed by atoms with Crippen LogP contribution in [-0.4, -0.2) is 31.9 Å². The predicted molar refractivity (Wildman–Crippen MR) is 45.6 cm³/mol. The Morgan fingerprint density at radius 1 is 1.33 bits per heavy atom. The number of carbonyl (C=O) groups is 2. The second-order valence-electron chi connectivity index (χ2n) is 1.71. The molecule has 0 fully saturated rings. The fourth-order valence-electron chi connectivity index (χ4n) is 0.347. The number of ether oxygens (including phenoxy) is 2. The molecular formula is C7H10O4S. The van der Waals surface area contributed by atoms with Crippen LogP contribution in [0.15, 0.2) is 11.5 Å². The molecule has 5 heteroatoms. The third-order valence-electron chi connectivity index (χ3n) is 0.930. The van der Waals surface area contributed by atoms with Gasteiger partial charge in [0.25, 0.3) is 0 Å². The van der Waals surface area contributed by atoms with Gasteiger partial charge in [0.15, 0.2) is 0 Å². The Labute approximate surface area is 74.9 Å². The first-order chi connectivity index (χ1) is 5.70. The zero-order valence-electron chi connectivity index (χ0n) is 6.90. The highest BCUT2D eigenvalue weighted by atomic mass is 32.2. The van der Waals surface area contributed by atoms with Gasteiger partial charge in [-0.1, -0.05) is 0 Å². The molecule has 0 N–H and O–H groups in total. The van der Waals surface area contributed by atoms with Gasteiger partial charge >= 0.3 is 11.9 Å². The molecule has 0 aliphatic carbocycles. The SMILES string of the molecule is COC(=O)C=CSCC(=O)OC. The molecule has 68 valence electrons. The zero-order valence-corrected chi connectivity index (χ0v) is 7.72. The third kappa shape index (κ3) is 5.79. The smallest absolute Gasteiger partial charge is 0.330 e. The van der Waals surface area contributed by atoms with Gasteiger partial charge in [-0.2, -0.15) is 0 Å². The normalized spacial score (nSPS) is 9.83. The van der Waals surface area contributed by atoms with E-state index in [2.05, 4.69) is 9.47 Å². The van der Waals surface area contributed by atoms with Crippen LogP contribution in [0.4, 0.5) is 0 Å². The maximum atomic E-state index is 10.5. The molecule has 4 nitrogen and oxygen atoms in total. The highest BCUT2D eigenvalue weighted by Crippen LogP contribution is 2.01. The van der Waals surface area contributed by atoms with E-state index in [-0.39, 0.29) is 11.7 Å². The van der Waals surface area contributed by atoms with Crippen LogP contribution in [0.3, 0.4) is 0 Å². The molecule has 0 aromatic carbocycles. The first-order valence-corrected chi connectivity index (χ1v) is 4.18. The summed E-state index contributed by atoms with van der Waals surface area (Å²) >= 11 is 1.17. The lowest BCUT2D eigenvalue weighted by atomic mass is 10.7. The van der Waals surface area contributed by atoms with Crippen molar-refractivity contribution in [3.8, 4) is 0 Å². The topological polar surface area (TPSA) is 52.6 Å². The van der Waals surface area contributed by atoms with E-state index >= 15 is 0 Å². The van der Waals surface area contributed by atoms with Crippen molar-refractivity contribution in [1.82, 2.24) is 0 Å². The Morgan fingerprint density at radius 2 is 2.00 bits per heavy atom. The molecule has 0 saturated heterocycles. The average molecular weight is 190 g/mol. The summed E-state index contributed by atoms with van der Waals surface area (Å²) in [7, 11) is 2.60. The largest absolute Gasteiger partial charge is 0.468 e. The number of rotatable bonds is 4. The van der Waals surface area contributed by atoms with Crippen molar-refractivity contribution in [3.05, 3.63) is 11.5 Å². The molecular weight excluding hydrogens is 180 g/mol. The van der Waals surface area contributed by atoms with Crippen LogP contribution in [0.1, 0.15) is 0 Å². The lowest BCUT2D eigenvalue weighted by molar-refractivity contribution is -0.137. The lowest BCUT2D eigenvalue weighted by Gasteiger charge is -1.93. The highest BCUT2D eigenvalue weighted by Gasteiger charge is 1.97. The summed E-state index contributed by atoms with van der Waals surface area (Å²) in [6.45, 7) is 0. The van der Waals surface area contributed by atoms with E-state index in [0.717, 1.165) is 0 Å². The molecule has 0 aromatic rings. The number of hydrogen-bond donors (Lipinski definition) is 0. The minimum absolute atomic E-state index is 0.198. The zero-order chi connectivity index (χ0) is 9.40. The number of thioether (sulfide) groups is 1. The van der Waals surface area contributed by atoms with Crippen LogP contribution in [0.2, 0.25) is 0 Å². The maximum absolute atomic E-state index is 10.5.